The number of nitrogens with one attached hydrogen (secondary N) is 4. The summed E-state index contributed by atoms with van der Waals surface area (Å²) in [5, 5.41) is 21.4. The summed E-state index contributed by atoms with van der Waals surface area (Å²) in [6.07, 6.45) is 1.03. The number of benzene rings is 1. The number of nitro groups is 1. The zero-order valence-corrected chi connectivity index (χ0v) is 14.9. The summed E-state index contributed by atoms with van der Waals surface area (Å²) < 4.78 is 0. The van der Waals surface area contributed by atoms with Crippen molar-refractivity contribution >= 4 is 30.0 Å². The van der Waals surface area contributed by atoms with Crippen LogP contribution in [0.15, 0.2) is 24.3 Å². The highest BCUT2D eigenvalue weighted by Crippen LogP contribution is 2.11. The van der Waals surface area contributed by atoms with Gasteiger partial charge in [-0.2, -0.15) is 0 Å². The molecule has 0 spiro atoms. The van der Waals surface area contributed by atoms with Crippen LogP contribution >= 0.6 is 12.4 Å². The third kappa shape index (κ3) is 10.2. The fourth-order valence-corrected chi connectivity index (χ4v) is 1.80. The van der Waals surface area contributed by atoms with Gasteiger partial charge in [0.2, 0.25) is 5.91 Å². The number of carbonyl (C=O) groups is 2. The molecule has 10 heteroatoms. The van der Waals surface area contributed by atoms with Gasteiger partial charge in [-0.25, -0.2) is 4.79 Å². The molecular weight excluding hydrogens is 350 g/mol. The monoisotopic (exact) mass is 373 g/mol. The van der Waals surface area contributed by atoms with Crippen molar-refractivity contribution < 1.29 is 14.5 Å². The van der Waals surface area contributed by atoms with Crippen molar-refractivity contribution in [2.24, 2.45) is 0 Å². The van der Waals surface area contributed by atoms with Crippen LogP contribution < -0.4 is 21.3 Å². The number of hydrogen-bond donors (Lipinski definition) is 4. The van der Waals surface area contributed by atoms with Crippen LogP contribution in [0.25, 0.3) is 0 Å². The highest BCUT2D eigenvalue weighted by Gasteiger charge is 2.06. The van der Waals surface area contributed by atoms with E-state index in [1.807, 2.05) is 0 Å². The van der Waals surface area contributed by atoms with Gasteiger partial charge < -0.3 is 21.3 Å². The minimum Gasteiger partial charge on any atom is -0.353 e. The van der Waals surface area contributed by atoms with Crippen LogP contribution in [-0.4, -0.2) is 43.0 Å². The molecule has 0 heterocycles. The molecule has 0 aliphatic carbocycles. The van der Waals surface area contributed by atoms with Gasteiger partial charge in [0.15, 0.2) is 0 Å². The maximum absolute atomic E-state index is 11.6. The molecule has 0 saturated heterocycles. The van der Waals surface area contributed by atoms with Gasteiger partial charge in [0.05, 0.1) is 11.5 Å². The molecule has 0 fully saturated rings. The molecule has 0 bridgehead atoms. The molecule has 25 heavy (non-hydrogen) atoms. The van der Waals surface area contributed by atoms with Crippen molar-refractivity contribution in [1.29, 1.82) is 0 Å². The molecular formula is C15H24ClN5O4. The molecule has 0 aliphatic heterocycles. The molecule has 0 saturated carbocycles. The average molecular weight is 374 g/mol. The summed E-state index contributed by atoms with van der Waals surface area (Å²) in [6.45, 7) is 4.26. The standard InChI is InChI=1S/C15H23N5O4.ClH/c1-2-7-16-8-9-17-14(21)11-19-15(22)18-10-12-3-5-13(6-4-12)20(23)24;/h3-6,16H,2,7-11H2,1H3,(H,17,21)(H2,18,19,22);1H. The average Bonchev–Trinajstić information content (AvgIpc) is 2.58. The van der Waals surface area contributed by atoms with E-state index in [-0.39, 0.29) is 37.1 Å². The smallest absolute Gasteiger partial charge is 0.315 e. The van der Waals surface area contributed by atoms with Gasteiger partial charge in [-0.1, -0.05) is 19.1 Å². The highest BCUT2D eigenvalue weighted by molar-refractivity contribution is 5.85. The van der Waals surface area contributed by atoms with Crippen LogP contribution in [0.2, 0.25) is 0 Å². The second kappa shape index (κ2) is 13.0. The van der Waals surface area contributed by atoms with E-state index in [2.05, 4.69) is 28.2 Å². The van der Waals surface area contributed by atoms with E-state index < -0.39 is 11.0 Å². The Bertz CT molecular complexity index is 553. The fourth-order valence-electron chi connectivity index (χ4n) is 1.80. The molecule has 0 atom stereocenters. The van der Waals surface area contributed by atoms with Crippen molar-refractivity contribution in [1.82, 2.24) is 21.3 Å². The molecule has 1 aromatic carbocycles. The third-order valence-electron chi connectivity index (χ3n) is 3.06. The second-order valence-electron chi connectivity index (χ2n) is 5.06. The summed E-state index contributed by atoms with van der Waals surface area (Å²) in [5.41, 5.74) is 0.718. The normalized spacial score (nSPS) is 9.64. The molecule has 1 aromatic rings. The van der Waals surface area contributed by atoms with Crippen LogP contribution in [-0.2, 0) is 11.3 Å². The first-order chi connectivity index (χ1) is 11.5. The molecule has 0 aromatic heterocycles. The topological polar surface area (TPSA) is 125 Å². The van der Waals surface area contributed by atoms with Gasteiger partial charge in [-0.3, -0.25) is 14.9 Å². The zero-order valence-electron chi connectivity index (χ0n) is 14.0. The van der Waals surface area contributed by atoms with Gasteiger partial charge in [-0.05, 0) is 18.5 Å². The van der Waals surface area contributed by atoms with E-state index in [0.29, 0.717) is 13.1 Å². The maximum Gasteiger partial charge on any atom is 0.315 e. The molecule has 140 valence electrons. The lowest BCUT2D eigenvalue weighted by atomic mass is 10.2. The van der Waals surface area contributed by atoms with Gasteiger partial charge in [0.25, 0.3) is 5.69 Å². The highest BCUT2D eigenvalue weighted by atomic mass is 35.5. The summed E-state index contributed by atoms with van der Waals surface area (Å²) >= 11 is 0. The summed E-state index contributed by atoms with van der Waals surface area (Å²) in [4.78, 5) is 33.2. The number of nitrogens with zero attached hydrogens (tertiary/aromatic N) is 1. The van der Waals surface area contributed by atoms with Crippen LogP contribution in [0.5, 0.6) is 0 Å². The maximum atomic E-state index is 11.6. The van der Waals surface area contributed by atoms with Gasteiger partial charge in [0.1, 0.15) is 0 Å². The molecule has 0 radical (unpaired) electrons. The first-order valence-corrected chi connectivity index (χ1v) is 7.75. The zero-order chi connectivity index (χ0) is 17.8. The Morgan fingerprint density at radius 3 is 2.32 bits per heavy atom. The Hall–Kier alpha value is -2.39. The number of urea groups is 1. The Labute approximate surface area is 152 Å². The van der Waals surface area contributed by atoms with Crippen molar-refractivity contribution in [3.63, 3.8) is 0 Å². The predicted octanol–water partition coefficient (Wildman–Crippen LogP) is 0.932. The second-order valence-corrected chi connectivity index (χ2v) is 5.06. The van der Waals surface area contributed by atoms with Crippen molar-refractivity contribution in [2.75, 3.05) is 26.2 Å². The SMILES string of the molecule is CCCNCCNC(=O)CNC(=O)NCc1ccc([N+](=O)[O-])cc1.Cl. The lowest BCUT2D eigenvalue weighted by Crippen LogP contribution is -2.43. The molecule has 1 rings (SSSR count). The van der Waals surface area contributed by atoms with E-state index >= 15 is 0 Å². The number of carbonyl (C=O) groups excluding carboxylic acids is 2. The lowest BCUT2D eigenvalue weighted by molar-refractivity contribution is -0.384. The number of rotatable bonds is 10. The first-order valence-electron chi connectivity index (χ1n) is 7.75. The van der Waals surface area contributed by atoms with Gasteiger partial charge >= 0.3 is 6.03 Å². The van der Waals surface area contributed by atoms with Crippen molar-refractivity contribution in [3.05, 3.63) is 39.9 Å². The molecule has 3 amide bonds. The summed E-state index contributed by atoms with van der Waals surface area (Å²) in [6, 6.07) is 5.39. The first kappa shape index (κ1) is 22.6. The summed E-state index contributed by atoms with van der Waals surface area (Å²) in [5.74, 6) is -0.265. The van der Waals surface area contributed by atoms with E-state index in [9.17, 15) is 19.7 Å². The number of hydrogen-bond acceptors (Lipinski definition) is 5. The molecule has 0 aliphatic rings. The van der Waals surface area contributed by atoms with Crippen LogP contribution in [0.4, 0.5) is 10.5 Å². The third-order valence-corrected chi connectivity index (χ3v) is 3.06. The van der Waals surface area contributed by atoms with Crippen molar-refractivity contribution in [2.45, 2.75) is 19.9 Å². The Kier molecular flexibility index (Phi) is 11.7. The number of nitro benzene ring substituents is 1. The quantitative estimate of drug-likeness (QED) is 0.276. The minimum atomic E-state index is -0.486. The lowest BCUT2D eigenvalue weighted by Gasteiger charge is -2.09. The molecule has 4 N–H and O–H groups in total. The van der Waals surface area contributed by atoms with Crippen LogP contribution in [0, 0.1) is 10.1 Å². The molecule has 9 nitrogen and oxygen atoms in total. The van der Waals surface area contributed by atoms with E-state index in [0.717, 1.165) is 18.5 Å². The van der Waals surface area contributed by atoms with Crippen LogP contribution in [0.3, 0.4) is 0 Å². The van der Waals surface area contributed by atoms with E-state index in [1.165, 1.54) is 12.1 Å². The minimum absolute atomic E-state index is 0. The largest absolute Gasteiger partial charge is 0.353 e. The Morgan fingerprint density at radius 1 is 1.04 bits per heavy atom. The molecule has 0 unspecified atom stereocenters. The Morgan fingerprint density at radius 2 is 1.72 bits per heavy atom. The predicted molar refractivity (Wildman–Crippen MR) is 96.8 cm³/mol. The summed E-state index contributed by atoms with van der Waals surface area (Å²) in [7, 11) is 0. The number of amides is 3. The van der Waals surface area contributed by atoms with E-state index in [4.69, 9.17) is 0 Å². The number of non-ortho nitro benzene ring substituents is 1. The van der Waals surface area contributed by atoms with Gasteiger partial charge in [-0.15, -0.1) is 12.4 Å². The number of halogens is 1. The Balaban J connectivity index is 0.00000576. The van der Waals surface area contributed by atoms with Crippen molar-refractivity contribution in [3.8, 4) is 0 Å². The van der Waals surface area contributed by atoms with E-state index in [1.54, 1.807) is 12.1 Å². The fraction of sp³-hybridized carbons (Fsp3) is 0.467. The van der Waals surface area contributed by atoms with Crippen LogP contribution in [0.1, 0.15) is 18.9 Å². The van der Waals surface area contributed by atoms with Gasteiger partial charge in [0, 0.05) is 31.8 Å².